The van der Waals surface area contributed by atoms with E-state index in [1.54, 1.807) is 0 Å². The number of hydrogen-bond acceptors (Lipinski definition) is 3. The monoisotopic (exact) mass is 276 g/mol. The van der Waals surface area contributed by atoms with Crippen molar-refractivity contribution in [3.63, 3.8) is 0 Å². The van der Waals surface area contributed by atoms with E-state index in [0.717, 1.165) is 25.0 Å². The molecule has 1 heterocycles. The van der Waals surface area contributed by atoms with Crippen molar-refractivity contribution in [2.24, 2.45) is 5.73 Å². The fourth-order valence-corrected chi connectivity index (χ4v) is 2.57. The smallest absolute Gasteiger partial charge is 0.220 e. The maximum absolute atomic E-state index is 11.9. The van der Waals surface area contributed by atoms with Crippen molar-refractivity contribution in [2.75, 3.05) is 6.61 Å². The average Bonchev–Trinajstić information content (AvgIpc) is 3.00. The number of nitrogens with one attached hydrogen (secondary N) is 1. The summed E-state index contributed by atoms with van der Waals surface area (Å²) in [5.74, 6) is 0.0550. The Hall–Kier alpha value is -1.39. The molecule has 20 heavy (non-hydrogen) atoms. The van der Waals surface area contributed by atoms with Gasteiger partial charge in [-0.2, -0.15) is 0 Å². The number of nitrogens with two attached hydrogens (primary N) is 1. The van der Waals surface area contributed by atoms with E-state index in [1.165, 1.54) is 0 Å². The maximum atomic E-state index is 11.9. The Morgan fingerprint density at radius 1 is 1.45 bits per heavy atom. The lowest BCUT2D eigenvalue weighted by molar-refractivity contribution is -0.122. The van der Waals surface area contributed by atoms with Crippen molar-refractivity contribution in [1.29, 1.82) is 0 Å². The first-order valence-corrected chi connectivity index (χ1v) is 7.38. The Morgan fingerprint density at radius 2 is 2.20 bits per heavy atom. The van der Waals surface area contributed by atoms with Gasteiger partial charge in [0.1, 0.15) is 0 Å². The minimum atomic E-state index is -0.0833. The molecule has 1 aliphatic heterocycles. The zero-order chi connectivity index (χ0) is 14.4. The summed E-state index contributed by atoms with van der Waals surface area (Å²) in [6.07, 6.45) is 3.40. The first-order valence-electron chi connectivity index (χ1n) is 7.38. The molecule has 0 aliphatic carbocycles. The van der Waals surface area contributed by atoms with Crippen LogP contribution in [0.3, 0.4) is 0 Å². The molecule has 1 aliphatic rings. The quantitative estimate of drug-likeness (QED) is 0.836. The van der Waals surface area contributed by atoms with E-state index in [2.05, 4.69) is 5.32 Å². The van der Waals surface area contributed by atoms with Crippen molar-refractivity contribution >= 4 is 5.91 Å². The van der Waals surface area contributed by atoms with E-state index in [4.69, 9.17) is 10.5 Å². The molecule has 0 aromatic heterocycles. The van der Waals surface area contributed by atoms with Crippen molar-refractivity contribution in [3.8, 4) is 0 Å². The van der Waals surface area contributed by atoms with Crippen LogP contribution in [0, 0.1) is 0 Å². The number of rotatable bonds is 6. The first-order chi connectivity index (χ1) is 9.66. The molecule has 3 N–H and O–H groups in total. The zero-order valence-electron chi connectivity index (χ0n) is 12.0. The summed E-state index contributed by atoms with van der Waals surface area (Å²) < 4.78 is 5.57. The Morgan fingerprint density at radius 3 is 2.85 bits per heavy atom. The summed E-state index contributed by atoms with van der Waals surface area (Å²) in [6, 6.07) is 9.89. The maximum Gasteiger partial charge on any atom is 0.220 e. The van der Waals surface area contributed by atoms with E-state index in [9.17, 15) is 4.79 Å². The van der Waals surface area contributed by atoms with Gasteiger partial charge in [-0.3, -0.25) is 4.79 Å². The summed E-state index contributed by atoms with van der Waals surface area (Å²) >= 11 is 0. The Bertz CT molecular complexity index is 416. The predicted octanol–water partition coefficient (Wildman–Crippen LogP) is 2.15. The van der Waals surface area contributed by atoms with E-state index in [-0.39, 0.29) is 24.1 Å². The fourth-order valence-electron chi connectivity index (χ4n) is 2.57. The number of benzene rings is 1. The minimum absolute atomic E-state index is 0.0550. The topological polar surface area (TPSA) is 64.4 Å². The molecule has 3 unspecified atom stereocenters. The molecule has 1 aromatic carbocycles. The van der Waals surface area contributed by atoms with E-state index in [0.29, 0.717) is 12.8 Å². The molecule has 110 valence electrons. The largest absolute Gasteiger partial charge is 0.376 e. The van der Waals surface area contributed by atoms with Crippen LogP contribution < -0.4 is 11.1 Å². The van der Waals surface area contributed by atoms with E-state index >= 15 is 0 Å². The normalized spacial score (nSPS) is 21.4. The van der Waals surface area contributed by atoms with E-state index in [1.807, 2.05) is 37.3 Å². The summed E-state index contributed by atoms with van der Waals surface area (Å²) in [4.78, 5) is 11.9. The molecule has 0 radical (unpaired) electrons. The SMILES string of the molecule is CC(NC(=O)CCC(N)c1ccccc1)C1CCCO1. The lowest BCUT2D eigenvalue weighted by atomic mass is 10.0. The zero-order valence-corrected chi connectivity index (χ0v) is 12.0. The average molecular weight is 276 g/mol. The van der Waals surface area contributed by atoms with Gasteiger partial charge >= 0.3 is 0 Å². The van der Waals surface area contributed by atoms with Crippen LogP contribution in [0.15, 0.2) is 30.3 Å². The van der Waals surface area contributed by atoms with Gasteiger partial charge in [-0.1, -0.05) is 30.3 Å². The molecule has 1 aromatic rings. The van der Waals surface area contributed by atoms with Crippen LogP contribution in [-0.2, 0) is 9.53 Å². The van der Waals surface area contributed by atoms with Gasteiger partial charge in [0, 0.05) is 19.1 Å². The van der Waals surface area contributed by atoms with Gasteiger partial charge in [-0.15, -0.1) is 0 Å². The number of ether oxygens (including phenoxy) is 1. The van der Waals surface area contributed by atoms with Crippen molar-refractivity contribution in [2.45, 2.75) is 50.8 Å². The molecule has 0 saturated carbocycles. The summed E-state index contributed by atoms with van der Waals surface area (Å²) in [5, 5.41) is 3.01. The lowest BCUT2D eigenvalue weighted by Crippen LogP contribution is -2.40. The molecule has 4 heteroatoms. The molecule has 3 atom stereocenters. The van der Waals surface area contributed by atoms with Crippen molar-refractivity contribution in [1.82, 2.24) is 5.32 Å². The van der Waals surface area contributed by atoms with Crippen molar-refractivity contribution < 1.29 is 9.53 Å². The predicted molar refractivity (Wildman–Crippen MR) is 79.2 cm³/mol. The molecule has 2 rings (SSSR count). The second-order valence-electron chi connectivity index (χ2n) is 5.46. The highest BCUT2D eigenvalue weighted by Crippen LogP contribution is 2.17. The van der Waals surface area contributed by atoms with Crippen LogP contribution >= 0.6 is 0 Å². The Balaban J connectivity index is 1.72. The molecule has 1 saturated heterocycles. The number of amides is 1. The summed E-state index contributed by atoms with van der Waals surface area (Å²) in [5.41, 5.74) is 7.17. The van der Waals surface area contributed by atoms with Gasteiger partial charge in [0.2, 0.25) is 5.91 Å². The van der Waals surface area contributed by atoms with Gasteiger partial charge in [0.05, 0.1) is 12.1 Å². The number of hydrogen-bond donors (Lipinski definition) is 2. The van der Waals surface area contributed by atoms with Crippen LogP contribution in [-0.4, -0.2) is 24.7 Å². The summed E-state index contributed by atoms with van der Waals surface area (Å²) in [7, 11) is 0. The molecule has 0 bridgehead atoms. The van der Waals surface area contributed by atoms with Crippen LogP contribution in [0.25, 0.3) is 0 Å². The van der Waals surface area contributed by atoms with Gasteiger partial charge < -0.3 is 15.8 Å². The second-order valence-corrected chi connectivity index (χ2v) is 5.46. The third-order valence-electron chi connectivity index (χ3n) is 3.82. The molecule has 1 amide bonds. The van der Waals surface area contributed by atoms with Crippen LogP contribution in [0.2, 0.25) is 0 Å². The van der Waals surface area contributed by atoms with Crippen LogP contribution in [0.4, 0.5) is 0 Å². The fraction of sp³-hybridized carbons (Fsp3) is 0.562. The lowest BCUT2D eigenvalue weighted by Gasteiger charge is -2.20. The third-order valence-corrected chi connectivity index (χ3v) is 3.82. The highest BCUT2D eigenvalue weighted by molar-refractivity contribution is 5.76. The molecular formula is C16H24N2O2. The van der Waals surface area contributed by atoms with Gasteiger partial charge in [-0.05, 0) is 31.7 Å². The highest BCUT2D eigenvalue weighted by Gasteiger charge is 2.23. The van der Waals surface area contributed by atoms with E-state index < -0.39 is 0 Å². The summed E-state index contributed by atoms with van der Waals surface area (Å²) in [6.45, 7) is 2.81. The molecular weight excluding hydrogens is 252 g/mol. The standard InChI is InChI=1S/C16H24N2O2/c1-12(15-8-5-11-20-15)18-16(19)10-9-14(17)13-6-3-2-4-7-13/h2-4,6-7,12,14-15H,5,8-11,17H2,1H3,(H,18,19). The van der Waals surface area contributed by atoms with Gasteiger partial charge in [-0.25, -0.2) is 0 Å². The van der Waals surface area contributed by atoms with Crippen molar-refractivity contribution in [3.05, 3.63) is 35.9 Å². The molecule has 0 spiro atoms. The minimum Gasteiger partial charge on any atom is -0.376 e. The Labute approximate surface area is 120 Å². The van der Waals surface area contributed by atoms with Gasteiger partial charge in [0.25, 0.3) is 0 Å². The third kappa shape index (κ3) is 4.32. The first kappa shape index (κ1) is 15.0. The number of carbonyl (C=O) groups is 1. The number of carbonyl (C=O) groups excluding carboxylic acids is 1. The van der Waals surface area contributed by atoms with Crippen LogP contribution in [0.5, 0.6) is 0 Å². The molecule has 1 fully saturated rings. The van der Waals surface area contributed by atoms with Gasteiger partial charge in [0.15, 0.2) is 0 Å². The molecule has 4 nitrogen and oxygen atoms in total. The highest BCUT2D eigenvalue weighted by atomic mass is 16.5. The second kappa shape index (κ2) is 7.41. The Kier molecular flexibility index (Phi) is 5.56. The van der Waals surface area contributed by atoms with Crippen LogP contribution in [0.1, 0.15) is 44.2 Å².